The molecule has 1 rings (SSSR count). The molecule has 0 aliphatic carbocycles. The lowest BCUT2D eigenvalue weighted by Crippen LogP contribution is -2.44. The van der Waals surface area contributed by atoms with E-state index in [1.54, 1.807) is 0 Å². The summed E-state index contributed by atoms with van der Waals surface area (Å²) in [7, 11) is 0. The van der Waals surface area contributed by atoms with Gasteiger partial charge >= 0.3 is 0 Å². The molecule has 1 heterocycles. The summed E-state index contributed by atoms with van der Waals surface area (Å²) < 4.78 is 0. The Morgan fingerprint density at radius 3 is 2.60 bits per heavy atom. The van der Waals surface area contributed by atoms with Crippen molar-refractivity contribution in [2.45, 2.75) is 59.0 Å². The summed E-state index contributed by atoms with van der Waals surface area (Å²) >= 11 is 0. The van der Waals surface area contributed by atoms with Gasteiger partial charge < -0.3 is 5.32 Å². The molecule has 15 heavy (non-hydrogen) atoms. The molecule has 1 fully saturated rings. The highest BCUT2D eigenvalue weighted by Crippen LogP contribution is 2.17. The third kappa shape index (κ3) is 3.76. The van der Waals surface area contributed by atoms with E-state index in [0.29, 0.717) is 6.04 Å². The fourth-order valence-electron chi connectivity index (χ4n) is 2.75. The van der Waals surface area contributed by atoms with Crippen LogP contribution in [0, 0.1) is 5.92 Å². The van der Waals surface area contributed by atoms with Gasteiger partial charge in [-0.2, -0.15) is 0 Å². The van der Waals surface area contributed by atoms with Crippen molar-refractivity contribution in [2.75, 3.05) is 19.6 Å². The Hall–Kier alpha value is -0.0800. The Bertz CT molecular complexity index is 168. The van der Waals surface area contributed by atoms with Crippen LogP contribution in [0.15, 0.2) is 0 Å². The molecule has 90 valence electrons. The lowest BCUT2D eigenvalue weighted by Gasteiger charge is -2.34. The van der Waals surface area contributed by atoms with Gasteiger partial charge in [0.1, 0.15) is 0 Å². The number of nitrogens with zero attached hydrogens (tertiary/aromatic N) is 1. The van der Waals surface area contributed by atoms with Crippen LogP contribution in [-0.4, -0.2) is 36.6 Å². The largest absolute Gasteiger partial charge is 0.313 e. The molecule has 0 amide bonds. The van der Waals surface area contributed by atoms with Crippen LogP contribution in [0.3, 0.4) is 0 Å². The van der Waals surface area contributed by atoms with Gasteiger partial charge in [-0.25, -0.2) is 0 Å². The first kappa shape index (κ1) is 13.0. The monoisotopic (exact) mass is 212 g/mol. The molecule has 0 bridgehead atoms. The van der Waals surface area contributed by atoms with Gasteiger partial charge in [0, 0.05) is 18.6 Å². The summed E-state index contributed by atoms with van der Waals surface area (Å²) in [6.07, 6.45) is 3.85. The van der Waals surface area contributed by atoms with Crippen molar-refractivity contribution in [3.63, 3.8) is 0 Å². The first-order valence-electron chi connectivity index (χ1n) is 6.66. The lowest BCUT2D eigenvalue weighted by atomic mass is 9.99. The third-order valence-corrected chi connectivity index (χ3v) is 3.66. The normalized spacial score (nSPS) is 26.6. The van der Waals surface area contributed by atoms with Crippen LogP contribution in [0.1, 0.15) is 47.0 Å². The number of hydrogen-bond donors (Lipinski definition) is 1. The van der Waals surface area contributed by atoms with Crippen LogP contribution in [-0.2, 0) is 0 Å². The lowest BCUT2D eigenvalue weighted by molar-refractivity contribution is 0.147. The topological polar surface area (TPSA) is 15.3 Å². The molecule has 0 spiro atoms. The van der Waals surface area contributed by atoms with Crippen molar-refractivity contribution >= 4 is 0 Å². The molecular weight excluding hydrogens is 184 g/mol. The van der Waals surface area contributed by atoms with E-state index in [-0.39, 0.29) is 0 Å². The van der Waals surface area contributed by atoms with E-state index in [9.17, 15) is 0 Å². The van der Waals surface area contributed by atoms with Crippen LogP contribution in [0.2, 0.25) is 0 Å². The standard InChI is InChI=1S/C13H28N2/c1-5-12-10-15(9-7-8-14-12)13(6-2)11(3)4/h11-14H,5-10H2,1-4H3. The summed E-state index contributed by atoms with van der Waals surface area (Å²) in [6.45, 7) is 13.0. The minimum atomic E-state index is 0.709. The Balaban J connectivity index is 2.57. The minimum Gasteiger partial charge on any atom is -0.313 e. The van der Waals surface area contributed by atoms with Crippen LogP contribution in [0.5, 0.6) is 0 Å². The molecular formula is C13H28N2. The predicted molar refractivity (Wildman–Crippen MR) is 67.2 cm³/mol. The molecule has 2 atom stereocenters. The van der Waals surface area contributed by atoms with E-state index in [0.717, 1.165) is 12.0 Å². The Morgan fingerprint density at radius 2 is 2.07 bits per heavy atom. The molecule has 1 N–H and O–H groups in total. The fourth-order valence-corrected chi connectivity index (χ4v) is 2.75. The Kier molecular flexibility index (Phi) is 5.62. The molecule has 1 aliphatic rings. The summed E-state index contributed by atoms with van der Waals surface area (Å²) in [5.41, 5.74) is 0. The van der Waals surface area contributed by atoms with Crippen molar-refractivity contribution in [2.24, 2.45) is 5.92 Å². The molecule has 2 unspecified atom stereocenters. The number of nitrogens with one attached hydrogen (secondary N) is 1. The zero-order valence-electron chi connectivity index (χ0n) is 10.9. The van der Waals surface area contributed by atoms with Crippen molar-refractivity contribution in [3.8, 4) is 0 Å². The zero-order chi connectivity index (χ0) is 11.3. The summed E-state index contributed by atoms with van der Waals surface area (Å²) in [4.78, 5) is 2.71. The van der Waals surface area contributed by atoms with E-state index in [1.165, 1.54) is 38.9 Å². The smallest absolute Gasteiger partial charge is 0.0192 e. The zero-order valence-corrected chi connectivity index (χ0v) is 10.9. The molecule has 1 aliphatic heterocycles. The average Bonchev–Trinajstić information content (AvgIpc) is 2.44. The summed E-state index contributed by atoms with van der Waals surface area (Å²) in [6, 6.07) is 1.49. The highest BCUT2D eigenvalue weighted by molar-refractivity contribution is 4.81. The maximum Gasteiger partial charge on any atom is 0.0192 e. The maximum atomic E-state index is 3.64. The number of hydrogen-bond acceptors (Lipinski definition) is 2. The van der Waals surface area contributed by atoms with Gasteiger partial charge in [-0.05, 0) is 38.3 Å². The average molecular weight is 212 g/mol. The summed E-state index contributed by atoms with van der Waals surface area (Å²) in [5, 5.41) is 3.64. The SMILES string of the molecule is CCC1CN(C(CC)C(C)C)CCCN1. The van der Waals surface area contributed by atoms with Gasteiger partial charge in [-0.3, -0.25) is 4.90 Å². The first-order chi connectivity index (χ1) is 7.19. The second kappa shape index (κ2) is 6.49. The van der Waals surface area contributed by atoms with Crippen molar-refractivity contribution in [1.82, 2.24) is 10.2 Å². The number of rotatable bonds is 4. The van der Waals surface area contributed by atoms with E-state index >= 15 is 0 Å². The highest BCUT2D eigenvalue weighted by atomic mass is 15.2. The Labute approximate surface area is 95.4 Å². The van der Waals surface area contributed by atoms with Crippen molar-refractivity contribution < 1.29 is 0 Å². The van der Waals surface area contributed by atoms with E-state index in [2.05, 4.69) is 37.9 Å². The van der Waals surface area contributed by atoms with Crippen molar-refractivity contribution in [1.29, 1.82) is 0 Å². The van der Waals surface area contributed by atoms with E-state index < -0.39 is 0 Å². The van der Waals surface area contributed by atoms with Gasteiger partial charge in [0.2, 0.25) is 0 Å². The van der Waals surface area contributed by atoms with Gasteiger partial charge in [0.05, 0.1) is 0 Å². The van der Waals surface area contributed by atoms with Gasteiger partial charge in [0.15, 0.2) is 0 Å². The van der Waals surface area contributed by atoms with Gasteiger partial charge in [0.25, 0.3) is 0 Å². The molecule has 1 saturated heterocycles. The maximum absolute atomic E-state index is 3.64. The van der Waals surface area contributed by atoms with E-state index in [1.807, 2.05) is 0 Å². The van der Waals surface area contributed by atoms with Crippen LogP contribution >= 0.6 is 0 Å². The summed E-state index contributed by atoms with van der Waals surface area (Å²) in [5.74, 6) is 0.783. The quantitative estimate of drug-likeness (QED) is 0.770. The minimum absolute atomic E-state index is 0.709. The fraction of sp³-hybridized carbons (Fsp3) is 1.00. The predicted octanol–water partition coefficient (Wildman–Crippen LogP) is 2.49. The van der Waals surface area contributed by atoms with Gasteiger partial charge in [-0.1, -0.05) is 27.7 Å². The molecule has 0 aromatic carbocycles. The molecule has 2 nitrogen and oxygen atoms in total. The second-order valence-corrected chi connectivity index (χ2v) is 5.13. The first-order valence-corrected chi connectivity index (χ1v) is 6.66. The highest BCUT2D eigenvalue weighted by Gasteiger charge is 2.23. The Morgan fingerprint density at radius 1 is 1.33 bits per heavy atom. The molecule has 0 saturated carbocycles. The molecule has 2 heteroatoms. The molecule has 0 radical (unpaired) electrons. The molecule has 0 aromatic heterocycles. The molecule has 0 aromatic rings. The van der Waals surface area contributed by atoms with Gasteiger partial charge in [-0.15, -0.1) is 0 Å². The third-order valence-electron chi connectivity index (χ3n) is 3.66. The van der Waals surface area contributed by atoms with E-state index in [4.69, 9.17) is 0 Å². The van der Waals surface area contributed by atoms with Crippen LogP contribution in [0.4, 0.5) is 0 Å². The van der Waals surface area contributed by atoms with Crippen molar-refractivity contribution in [3.05, 3.63) is 0 Å². The van der Waals surface area contributed by atoms with Crippen LogP contribution < -0.4 is 5.32 Å². The second-order valence-electron chi connectivity index (χ2n) is 5.13. The van der Waals surface area contributed by atoms with Crippen LogP contribution in [0.25, 0.3) is 0 Å².